The van der Waals surface area contributed by atoms with Crippen molar-refractivity contribution in [3.63, 3.8) is 0 Å². The third kappa shape index (κ3) is 4.21. The predicted octanol–water partition coefficient (Wildman–Crippen LogP) is 7.13. The number of amides is 2. The summed E-state index contributed by atoms with van der Waals surface area (Å²) in [5, 5.41) is 16.6. The molecule has 0 atom stereocenters. The number of phenols is 1. The average Bonchev–Trinajstić information content (AvgIpc) is 2.78. The number of phenolic OH excluding ortho intramolecular Hbond substituents is 1. The summed E-state index contributed by atoms with van der Waals surface area (Å²) in [6, 6.07) is 30.0. The summed E-state index contributed by atoms with van der Waals surface area (Å²) in [5.41, 5.74) is 4.37. The minimum Gasteiger partial charge on any atom is -0.505 e. The second-order valence-electron chi connectivity index (χ2n) is 6.68. The zero-order valence-electron chi connectivity index (χ0n) is 16.0. The minimum absolute atomic E-state index is 0.0184. The SMILES string of the molecule is O=C(Nc1ccccc1Br)Nc1ccc(-c2ccccc2)c(-c2ccccc2)c1O. The van der Waals surface area contributed by atoms with Crippen LogP contribution in [-0.2, 0) is 0 Å². The number of hydrogen-bond acceptors (Lipinski definition) is 2. The van der Waals surface area contributed by atoms with E-state index in [2.05, 4.69) is 26.6 Å². The van der Waals surface area contributed by atoms with Gasteiger partial charge < -0.3 is 15.7 Å². The first-order chi connectivity index (χ1) is 14.6. The number of carbonyl (C=O) groups excluding carboxylic acids is 1. The van der Waals surface area contributed by atoms with Crippen molar-refractivity contribution in [1.29, 1.82) is 0 Å². The van der Waals surface area contributed by atoms with Gasteiger partial charge in [-0.05, 0) is 50.8 Å². The van der Waals surface area contributed by atoms with Gasteiger partial charge in [-0.3, -0.25) is 0 Å². The summed E-state index contributed by atoms with van der Waals surface area (Å²) in [7, 11) is 0. The smallest absolute Gasteiger partial charge is 0.323 e. The van der Waals surface area contributed by atoms with Crippen molar-refractivity contribution in [2.75, 3.05) is 10.6 Å². The molecule has 0 spiro atoms. The van der Waals surface area contributed by atoms with E-state index in [1.807, 2.05) is 84.9 Å². The van der Waals surface area contributed by atoms with Gasteiger partial charge in [0.1, 0.15) is 5.75 Å². The van der Waals surface area contributed by atoms with Crippen molar-refractivity contribution in [1.82, 2.24) is 0 Å². The number of rotatable bonds is 4. The molecule has 3 N–H and O–H groups in total. The van der Waals surface area contributed by atoms with E-state index in [0.29, 0.717) is 16.9 Å². The molecule has 4 rings (SSSR count). The molecule has 4 aromatic rings. The van der Waals surface area contributed by atoms with Crippen LogP contribution in [0, 0.1) is 0 Å². The molecule has 0 fully saturated rings. The van der Waals surface area contributed by atoms with Crippen LogP contribution in [0.25, 0.3) is 22.3 Å². The standard InChI is InChI=1S/C25H19BrN2O2/c26-20-13-7-8-14-21(20)27-25(30)28-22-16-15-19(17-9-3-1-4-10-17)23(24(22)29)18-11-5-2-6-12-18/h1-16,29H,(H2,27,28,30). The molecule has 0 aliphatic rings. The van der Waals surface area contributed by atoms with E-state index in [-0.39, 0.29) is 5.75 Å². The third-order valence-electron chi connectivity index (χ3n) is 4.70. The maximum Gasteiger partial charge on any atom is 0.323 e. The van der Waals surface area contributed by atoms with Gasteiger partial charge in [0, 0.05) is 10.0 Å². The third-order valence-corrected chi connectivity index (χ3v) is 5.39. The predicted molar refractivity (Wildman–Crippen MR) is 126 cm³/mol. The Morgan fingerprint density at radius 2 is 1.23 bits per heavy atom. The minimum atomic E-state index is -0.441. The number of carbonyl (C=O) groups is 1. The van der Waals surface area contributed by atoms with Crippen LogP contribution in [0.3, 0.4) is 0 Å². The zero-order valence-corrected chi connectivity index (χ0v) is 17.6. The highest BCUT2D eigenvalue weighted by Crippen LogP contribution is 2.43. The Morgan fingerprint density at radius 1 is 0.667 bits per heavy atom. The highest BCUT2D eigenvalue weighted by molar-refractivity contribution is 9.10. The van der Waals surface area contributed by atoms with Crippen LogP contribution in [0.15, 0.2) is 102 Å². The van der Waals surface area contributed by atoms with Crippen molar-refractivity contribution in [2.45, 2.75) is 0 Å². The lowest BCUT2D eigenvalue weighted by Crippen LogP contribution is -2.19. The van der Waals surface area contributed by atoms with E-state index in [1.165, 1.54) is 0 Å². The van der Waals surface area contributed by atoms with Gasteiger partial charge in [0.2, 0.25) is 0 Å². The fourth-order valence-corrected chi connectivity index (χ4v) is 3.67. The number of anilines is 2. The highest BCUT2D eigenvalue weighted by Gasteiger charge is 2.17. The molecular weight excluding hydrogens is 440 g/mol. The highest BCUT2D eigenvalue weighted by atomic mass is 79.9. The van der Waals surface area contributed by atoms with Crippen molar-refractivity contribution < 1.29 is 9.90 Å². The number of halogens is 1. The van der Waals surface area contributed by atoms with Gasteiger partial charge in [0.05, 0.1) is 11.4 Å². The first-order valence-corrected chi connectivity index (χ1v) is 10.2. The van der Waals surface area contributed by atoms with Crippen LogP contribution < -0.4 is 10.6 Å². The molecule has 0 radical (unpaired) electrons. The second-order valence-corrected chi connectivity index (χ2v) is 7.53. The number of benzene rings is 4. The van der Waals surface area contributed by atoms with Gasteiger partial charge >= 0.3 is 6.03 Å². The lowest BCUT2D eigenvalue weighted by atomic mass is 9.93. The molecule has 0 saturated carbocycles. The van der Waals surface area contributed by atoms with E-state index >= 15 is 0 Å². The fourth-order valence-electron chi connectivity index (χ4n) is 3.29. The molecule has 4 aromatic carbocycles. The normalized spacial score (nSPS) is 10.4. The first kappa shape index (κ1) is 19.7. The molecule has 0 heterocycles. The number of nitrogens with one attached hydrogen (secondary N) is 2. The Balaban J connectivity index is 1.72. The first-order valence-electron chi connectivity index (χ1n) is 9.43. The Labute approximate surface area is 183 Å². The van der Waals surface area contributed by atoms with Crippen LogP contribution in [0.2, 0.25) is 0 Å². The lowest BCUT2D eigenvalue weighted by molar-refractivity contribution is 0.262. The summed E-state index contributed by atoms with van der Waals surface area (Å²) in [6.45, 7) is 0. The maximum absolute atomic E-state index is 12.5. The Bertz CT molecular complexity index is 1180. The van der Waals surface area contributed by atoms with Gasteiger partial charge in [0.25, 0.3) is 0 Å². The van der Waals surface area contributed by atoms with Crippen LogP contribution in [-0.4, -0.2) is 11.1 Å². The maximum atomic E-state index is 12.5. The summed E-state index contributed by atoms with van der Waals surface area (Å²) in [6.07, 6.45) is 0. The lowest BCUT2D eigenvalue weighted by Gasteiger charge is -2.17. The molecular formula is C25H19BrN2O2. The summed E-state index contributed by atoms with van der Waals surface area (Å²) in [4.78, 5) is 12.5. The van der Waals surface area contributed by atoms with E-state index in [1.54, 1.807) is 12.1 Å². The number of para-hydroxylation sites is 1. The van der Waals surface area contributed by atoms with E-state index in [0.717, 1.165) is 21.2 Å². The van der Waals surface area contributed by atoms with Crippen LogP contribution in [0.1, 0.15) is 0 Å². The second kappa shape index (κ2) is 8.84. The monoisotopic (exact) mass is 458 g/mol. The van der Waals surface area contributed by atoms with Crippen LogP contribution >= 0.6 is 15.9 Å². The van der Waals surface area contributed by atoms with Gasteiger partial charge in [-0.2, -0.15) is 0 Å². The molecule has 5 heteroatoms. The molecule has 148 valence electrons. The fraction of sp³-hybridized carbons (Fsp3) is 0. The van der Waals surface area contributed by atoms with E-state index in [9.17, 15) is 9.90 Å². The summed E-state index contributed by atoms with van der Waals surface area (Å²) >= 11 is 3.41. The number of hydrogen-bond donors (Lipinski definition) is 3. The molecule has 30 heavy (non-hydrogen) atoms. The zero-order chi connectivity index (χ0) is 20.9. The van der Waals surface area contributed by atoms with Crippen LogP contribution in [0.5, 0.6) is 5.75 Å². The summed E-state index contributed by atoms with van der Waals surface area (Å²) in [5.74, 6) is 0.0184. The molecule has 0 bridgehead atoms. The molecule has 0 aliphatic heterocycles. The van der Waals surface area contributed by atoms with Gasteiger partial charge in [-0.15, -0.1) is 0 Å². The van der Waals surface area contributed by atoms with Crippen molar-refractivity contribution in [3.05, 3.63) is 102 Å². The van der Waals surface area contributed by atoms with Crippen molar-refractivity contribution >= 4 is 33.3 Å². The molecule has 2 amide bonds. The Kier molecular flexibility index (Phi) is 5.82. The van der Waals surface area contributed by atoms with Gasteiger partial charge in [0.15, 0.2) is 0 Å². The molecule has 0 aromatic heterocycles. The number of aromatic hydroxyl groups is 1. The average molecular weight is 459 g/mol. The van der Waals surface area contributed by atoms with E-state index < -0.39 is 6.03 Å². The molecule has 0 unspecified atom stereocenters. The van der Waals surface area contributed by atoms with Gasteiger partial charge in [-0.25, -0.2) is 4.79 Å². The Hall–Kier alpha value is -3.57. The number of urea groups is 1. The van der Waals surface area contributed by atoms with E-state index in [4.69, 9.17) is 0 Å². The van der Waals surface area contributed by atoms with Crippen molar-refractivity contribution in [3.8, 4) is 28.0 Å². The quantitative estimate of drug-likeness (QED) is 0.284. The molecule has 4 nitrogen and oxygen atoms in total. The largest absolute Gasteiger partial charge is 0.505 e. The van der Waals surface area contributed by atoms with Gasteiger partial charge in [-0.1, -0.05) is 78.9 Å². The Morgan fingerprint density at radius 3 is 1.90 bits per heavy atom. The van der Waals surface area contributed by atoms with Crippen LogP contribution in [0.4, 0.5) is 16.2 Å². The van der Waals surface area contributed by atoms with Crippen molar-refractivity contribution in [2.24, 2.45) is 0 Å². The summed E-state index contributed by atoms with van der Waals surface area (Å²) < 4.78 is 0.772. The molecule has 0 aliphatic carbocycles. The topological polar surface area (TPSA) is 61.4 Å². The molecule has 0 saturated heterocycles.